The highest BCUT2D eigenvalue weighted by atomic mass is 79.9. The van der Waals surface area contributed by atoms with Crippen LogP contribution in [0.15, 0.2) is 22.7 Å². The molecular weight excluding hydrogens is 208 g/mol. The number of amidine groups is 1. The van der Waals surface area contributed by atoms with Gasteiger partial charge in [0.2, 0.25) is 5.75 Å². The predicted molar refractivity (Wildman–Crippen MR) is 45.3 cm³/mol. The molecule has 3 N–H and O–H groups in total. The number of nitrogens with one attached hydrogen (secondary N) is 1. The Kier molecular flexibility index (Phi) is 2.14. The molecule has 0 amide bonds. The van der Waals surface area contributed by atoms with Crippen LogP contribution in [0.5, 0.6) is 5.75 Å². The summed E-state index contributed by atoms with van der Waals surface area (Å²) < 4.78 is 0.435. The van der Waals surface area contributed by atoms with Gasteiger partial charge < -0.3 is 5.73 Å². The molecule has 0 saturated carbocycles. The topological polar surface area (TPSA) is 69.8 Å². The molecule has 0 aliphatic carbocycles. The number of nitrogens with two attached hydrogens (primary N) is 1. The molecule has 0 bridgehead atoms. The highest BCUT2D eigenvalue weighted by Crippen LogP contribution is 2.27. The average molecular weight is 214 g/mol. The molecule has 57 valence electrons. The van der Waals surface area contributed by atoms with E-state index in [1.807, 2.05) is 0 Å². The summed E-state index contributed by atoms with van der Waals surface area (Å²) >= 11 is 3.05. The molecule has 11 heavy (non-hydrogen) atoms. The summed E-state index contributed by atoms with van der Waals surface area (Å²) in [6.07, 6.45) is 0. The molecular formula is C7H6BrN2O. The highest BCUT2D eigenvalue weighted by molar-refractivity contribution is 9.10. The number of rotatable bonds is 1. The van der Waals surface area contributed by atoms with E-state index in [1.165, 1.54) is 6.07 Å². The molecule has 0 unspecified atom stereocenters. The Morgan fingerprint density at radius 1 is 1.55 bits per heavy atom. The molecule has 0 spiro atoms. The van der Waals surface area contributed by atoms with E-state index < -0.39 is 0 Å². The van der Waals surface area contributed by atoms with E-state index in [1.54, 1.807) is 12.1 Å². The zero-order valence-electron chi connectivity index (χ0n) is 5.60. The fourth-order valence-electron chi connectivity index (χ4n) is 0.721. The summed E-state index contributed by atoms with van der Waals surface area (Å²) in [5.74, 6) is -0.434. The van der Waals surface area contributed by atoms with Crippen LogP contribution in [0.2, 0.25) is 0 Å². The fourth-order valence-corrected chi connectivity index (χ4v) is 1.09. The Labute approximate surface area is 72.5 Å². The monoisotopic (exact) mass is 213 g/mol. The number of benzene rings is 1. The molecule has 0 saturated heterocycles. The van der Waals surface area contributed by atoms with E-state index in [4.69, 9.17) is 11.1 Å². The van der Waals surface area contributed by atoms with E-state index in [9.17, 15) is 5.11 Å². The minimum atomic E-state index is -0.236. The normalized spacial score (nSPS) is 9.55. The lowest BCUT2D eigenvalue weighted by atomic mass is 10.2. The lowest BCUT2D eigenvalue weighted by Crippen LogP contribution is -2.10. The van der Waals surface area contributed by atoms with Crippen LogP contribution in [0.25, 0.3) is 0 Å². The Balaban J connectivity index is 3.27. The minimum Gasteiger partial charge on any atom is -0.384 e. The SMILES string of the molecule is N=C(N)c1cccc(Br)c1[O]. The lowest BCUT2D eigenvalue weighted by Gasteiger charge is -1.99. The molecule has 1 radical (unpaired) electrons. The second-order valence-electron chi connectivity index (χ2n) is 2.03. The Morgan fingerprint density at radius 3 is 2.64 bits per heavy atom. The van der Waals surface area contributed by atoms with Crippen LogP contribution in [0, 0.1) is 5.41 Å². The van der Waals surface area contributed by atoms with Crippen molar-refractivity contribution in [3.8, 4) is 5.75 Å². The first kappa shape index (κ1) is 8.07. The molecule has 0 aliphatic rings. The molecule has 0 atom stereocenters. The quantitative estimate of drug-likeness (QED) is 0.543. The largest absolute Gasteiger partial charge is 0.384 e. The highest BCUT2D eigenvalue weighted by Gasteiger charge is 2.08. The zero-order chi connectivity index (χ0) is 8.43. The third kappa shape index (κ3) is 1.51. The van der Waals surface area contributed by atoms with Gasteiger partial charge in [-0.2, -0.15) is 0 Å². The van der Waals surface area contributed by atoms with Crippen LogP contribution in [0.1, 0.15) is 5.56 Å². The van der Waals surface area contributed by atoms with Crippen LogP contribution in [-0.4, -0.2) is 5.84 Å². The summed E-state index contributed by atoms with van der Waals surface area (Å²) in [6.45, 7) is 0. The summed E-state index contributed by atoms with van der Waals surface area (Å²) in [5, 5.41) is 18.2. The molecule has 4 heteroatoms. The predicted octanol–water partition coefficient (Wildman–Crippen LogP) is 1.88. The Hall–Kier alpha value is -1.03. The number of hydrogen-bond acceptors (Lipinski definition) is 1. The minimum absolute atomic E-state index is 0.198. The smallest absolute Gasteiger partial charge is 0.203 e. The van der Waals surface area contributed by atoms with Crippen molar-refractivity contribution in [3.05, 3.63) is 28.2 Å². The van der Waals surface area contributed by atoms with Crippen LogP contribution in [-0.2, 0) is 5.11 Å². The molecule has 0 heterocycles. The summed E-state index contributed by atoms with van der Waals surface area (Å²) in [4.78, 5) is 0. The van der Waals surface area contributed by atoms with Gasteiger partial charge in [0.25, 0.3) is 0 Å². The van der Waals surface area contributed by atoms with E-state index in [0.29, 0.717) is 4.47 Å². The standard InChI is InChI=1S/C7H6BrN2O/c8-5-3-1-2-4(6(5)11)7(9)10/h1-3H,(H3,9,10). The van der Waals surface area contributed by atoms with Crippen molar-refractivity contribution in [1.29, 1.82) is 5.41 Å². The van der Waals surface area contributed by atoms with E-state index >= 15 is 0 Å². The van der Waals surface area contributed by atoms with E-state index in [2.05, 4.69) is 15.9 Å². The number of halogens is 1. The van der Waals surface area contributed by atoms with Crippen LogP contribution >= 0.6 is 15.9 Å². The van der Waals surface area contributed by atoms with Crippen LogP contribution in [0.3, 0.4) is 0 Å². The van der Waals surface area contributed by atoms with Crippen molar-refractivity contribution in [1.82, 2.24) is 0 Å². The maximum atomic E-state index is 11.1. The van der Waals surface area contributed by atoms with Crippen LogP contribution in [0.4, 0.5) is 0 Å². The maximum absolute atomic E-state index is 11.1. The van der Waals surface area contributed by atoms with Crippen molar-refractivity contribution in [2.45, 2.75) is 0 Å². The van der Waals surface area contributed by atoms with Gasteiger partial charge in [0.15, 0.2) is 0 Å². The molecule has 3 nitrogen and oxygen atoms in total. The fraction of sp³-hybridized carbons (Fsp3) is 0. The summed E-state index contributed by atoms with van der Waals surface area (Å²) in [7, 11) is 0. The average Bonchev–Trinajstić information content (AvgIpc) is 1.94. The van der Waals surface area contributed by atoms with Crippen molar-refractivity contribution < 1.29 is 5.11 Å². The third-order valence-corrected chi connectivity index (χ3v) is 1.88. The Morgan fingerprint density at radius 2 is 2.18 bits per heavy atom. The third-order valence-electron chi connectivity index (χ3n) is 1.26. The maximum Gasteiger partial charge on any atom is 0.203 e. The van der Waals surface area contributed by atoms with Crippen molar-refractivity contribution >= 4 is 21.8 Å². The lowest BCUT2D eigenvalue weighted by molar-refractivity contribution is 0.351. The first-order chi connectivity index (χ1) is 5.13. The first-order valence-corrected chi connectivity index (χ1v) is 3.72. The summed E-state index contributed by atoms with van der Waals surface area (Å²) in [5.41, 5.74) is 5.38. The summed E-state index contributed by atoms with van der Waals surface area (Å²) in [6, 6.07) is 4.81. The molecule has 0 fully saturated rings. The number of nitrogen functional groups attached to an aromatic ring is 1. The van der Waals surface area contributed by atoms with Gasteiger partial charge in [0.05, 0.1) is 10.0 Å². The first-order valence-electron chi connectivity index (χ1n) is 2.93. The van der Waals surface area contributed by atoms with Gasteiger partial charge in [-0.25, -0.2) is 0 Å². The molecule has 0 aromatic heterocycles. The zero-order valence-corrected chi connectivity index (χ0v) is 7.18. The van der Waals surface area contributed by atoms with Crippen molar-refractivity contribution in [2.75, 3.05) is 0 Å². The van der Waals surface area contributed by atoms with Gasteiger partial charge in [0.1, 0.15) is 5.84 Å². The van der Waals surface area contributed by atoms with Gasteiger partial charge in [-0.05, 0) is 28.1 Å². The molecule has 1 aromatic carbocycles. The number of hydrogen-bond donors (Lipinski definition) is 2. The van der Waals surface area contributed by atoms with Gasteiger partial charge in [-0.3, -0.25) is 10.5 Å². The van der Waals surface area contributed by atoms with Crippen molar-refractivity contribution in [3.63, 3.8) is 0 Å². The number of para-hydroxylation sites is 1. The van der Waals surface area contributed by atoms with Gasteiger partial charge in [0, 0.05) is 0 Å². The molecule has 0 aliphatic heterocycles. The van der Waals surface area contributed by atoms with Crippen LogP contribution < -0.4 is 5.73 Å². The second-order valence-corrected chi connectivity index (χ2v) is 2.88. The van der Waals surface area contributed by atoms with Gasteiger partial charge in [-0.15, -0.1) is 0 Å². The van der Waals surface area contributed by atoms with Gasteiger partial charge in [-0.1, -0.05) is 6.07 Å². The van der Waals surface area contributed by atoms with E-state index in [0.717, 1.165) is 0 Å². The molecule has 1 rings (SSSR count). The second kappa shape index (κ2) is 2.92. The Bertz CT molecular complexity index is 298. The van der Waals surface area contributed by atoms with Crippen molar-refractivity contribution in [2.24, 2.45) is 5.73 Å². The van der Waals surface area contributed by atoms with E-state index in [-0.39, 0.29) is 17.1 Å². The molecule has 1 aromatic rings. The van der Waals surface area contributed by atoms with Gasteiger partial charge >= 0.3 is 0 Å².